The van der Waals surface area contributed by atoms with Crippen LogP contribution in [0.15, 0.2) is 30.6 Å². The average Bonchev–Trinajstić information content (AvgIpc) is 2.46. The van der Waals surface area contributed by atoms with Gasteiger partial charge in [-0.2, -0.15) is 0 Å². The molecule has 0 amide bonds. The van der Waals surface area contributed by atoms with Crippen molar-refractivity contribution in [2.75, 3.05) is 18.0 Å². The maximum absolute atomic E-state index is 11.1. The molecule has 110 valence electrons. The molecule has 0 aliphatic carbocycles. The molecule has 3 rings (SSSR count). The second-order valence-corrected chi connectivity index (χ2v) is 5.77. The molecule has 0 bridgehead atoms. The minimum atomic E-state index is -0.616. The molecule has 1 aliphatic heterocycles. The van der Waals surface area contributed by atoms with Gasteiger partial charge in [0.05, 0.1) is 15.9 Å². The zero-order valence-electron chi connectivity index (χ0n) is 11.8. The van der Waals surface area contributed by atoms with E-state index in [1.165, 1.54) is 12.3 Å². The summed E-state index contributed by atoms with van der Waals surface area (Å²) in [5, 5.41) is 22.5. The molecule has 2 aromatic rings. The van der Waals surface area contributed by atoms with Crippen LogP contribution in [0.5, 0.6) is 0 Å². The summed E-state index contributed by atoms with van der Waals surface area (Å²) in [6.07, 6.45) is 4.57. The Balaban J connectivity index is 2.05. The largest absolute Gasteiger partial charge is 0.390 e. The van der Waals surface area contributed by atoms with Gasteiger partial charge in [0, 0.05) is 42.6 Å². The van der Waals surface area contributed by atoms with Crippen molar-refractivity contribution in [1.29, 1.82) is 0 Å². The predicted octanol–water partition coefficient (Wildman–Crippen LogP) is 2.49. The van der Waals surface area contributed by atoms with Gasteiger partial charge in [0.25, 0.3) is 5.69 Å². The molecule has 0 saturated carbocycles. The van der Waals surface area contributed by atoms with Gasteiger partial charge in [-0.05, 0) is 31.9 Å². The number of non-ortho nitro benzene ring substituents is 1. The number of piperidine rings is 1. The average molecular weight is 287 g/mol. The maximum Gasteiger partial charge on any atom is 0.278 e. The topological polar surface area (TPSA) is 79.5 Å². The lowest BCUT2D eigenvalue weighted by Gasteiger charge is -2.37. The van der Waals surface area contributed by atoms with Crippen LogP contribution in [0.2, 0.25) is 0 Å². The lowest BCUT2D eigenvalue weighted by atomic mass is 9.93. The standard InChI is InChI=1S/C15H17N3O3/c1-15(19)5-8-17(9-6-15)13-2-3-14(18(20)21)12-10-16-7-4-11(12)13/h2-4,7,10,19H,5-6,8-9H2,1H3. The summed E-state index contributed by atoms with van der Waals surface area (Å²) >= 11 is 0. The quantitative estimate of drug-likeness (QED) is 0.678. The Bertz CT molecular complexity index is 690. The maximum atomic E-state index is 11.1. The smallest absolute Gasteiger partial charge is 0.278 e. The van der Waals surface area contributed by atoms with Gasteiger partial charge in [-0.25, -0.2) is 0 Å². The minimum Gasteiger partial charge on any atom is -0.390 e. The number of nitrogens with zero attached hydrogens (tertiary/aromatic N) is 3. The highest BCUT2D eigenvalue weighted by Crippen LogP contribution is 2.35. The Labute approximate surface area is 122 Å². The molecule has 21 heavy (non-hydrogen) atoms. The zero-order chi connectivity index (χ0) is 15.0. The third-order valence-electron chi connectivity index (χ3n) is 4.15. The monoisotopic (exact) mass is 287 g/mol. The molecule has 0 spiro atoms. The molecular weight excluding hydrogens is 270 g/mol. The van der Waals surface area contributed by atoms with E-state index in [0.717, 1.165) is 24.2 Å². The van der Waals surface area contributed by atoms with Gasteiger partial charge in [0.2, 0.25) is 0 Å². The van der Waals surface area contributed by atoms with Crippen molar-refractivity contribution in [3.05, 3.63) is 40.7 Å². The lowest BCUT2D eigenvalue weighted by molar-refractivity contribution is -0.383. The first-order chi connectivity index (χ1) is 9.98. The highest BCUT2D eigenvalue weighted by molar-refractivity contribution is 5.99. The fourth-order valence-electron chi connectivity index (χ4n) is 2.82. The van der Waals surface area contributed by atoms with Crippen LogP contribution < -0.4 is 4.90 Å². The van der Waals surface area contributed by atoms with Crippen molar-refractivity contribution < 1.29 is 10.0 Å². The summed E-state index contributed by atoms with van der Waals surface area (Å²) < 4.78 is 0. The molecule has 1 N–H and O–H groups in total. The number of aromatic nitrogens is 1. The van der Waals surface area contributed by atoms with Crippen LogP contribution in [0.3, 0.4) is 0 Å². The number of anilines is 1. The second-order valence-electron chi connectivity index (χ2n) is 5.77. The molecule has 0 radical (unpaired) electrons. The Morgan fingerprint density at radius 2 is 2.00 bits per heavy atom. The minimum absolute atomic E-state index is 0.0749. The zero-order valence-corrected chi connectivity index (χ0v) is 11.8. The van der Waals surface area contributed by atoms with Gasteiger partial charge in [0.1, 0.15) is 0 Å². The summed E-state index contributed by atoms with van der Waals surface area (Å²) in [7, 11) is 0. The van der Waals surface area contributed by atoms with Crippen molar-refractivity contribution in [2.24, 2.45) is 0 Å². The highest BCUT2D eigenvalue weighted by atomic mass is 16.6. The van der Waals surface area contributed by atoms with E-state index in [1.807, 2.05) is 13.0 Å². The van der Waals surface area contributed by atoms with Gasteiger partial charge >= 0.3 is 0 Å². The van der Waals surface area contributed by atoms with Gasteiger partial charge in [-0.1, -0.05) is 0 Å². The number of aliphatic hydroxyl groups is 1. The Morgan fingerprint density at radius 1 is 1.29 bits per heavy atom. The van der Waals surface area contributed by atoms with Crippen LogP contribution in [-0.4, -0.2) is 33.7 Å². The van der Waals surface area contributed by atoms with Crippen LogP contribution in [0, 0.1) is 10.1 Å². The van der Waals surface area contributed by atoms with Crippen LogP contribution >= 0.6 is 0 Å². The number of fused-ring (bicyclic) bond motifs is 1. The van der Waals surface area contributed by atoms with E-state index < -0.39 is 5.60 Å². The van der Waals surface area contributed by atoms with Crippen molar-refractivity contribution in [3.63, 3.8) is 0 Å². The van der Waals surface area contributed by atoms with Crippen LogP contribution in [0.25, 0.3) is 10.8 Å². The number of nitro benzene ring substituents is 1. The number of pyridine rings is 1. The fraction of sp³-hybridized carbons (Fsp3) is 0.400. The van der Waals surface area contributed by atoms with E-state index in [0.29, 0.717) is 18.2 Å². The third-order valence-corrected chi connectivity index (χ3v) is 4.15. The number of hydrogen-bond acceptors (Lipinski definition) is 5. The fourth-order valence-corrected chi connectivity index (χ4v) is 2.82. The van der Waals surface area contributed by atoms with Crippen LogP contribution in [-0.2, 0) is 0 Å². The number of rotatable bonds is 2. The van der Waals surface area contributed by atoms with E-state index in [2.05, 4.69) is 9.88 Å². The van der Waals surface area contributed by atoms with Crippen molar-refractivity contribution in [1.82, 2.24) is 4.98 Å². The van der Waals surface area contributed by atoms with Crippen LogP contribution in [0.1, 0.15) is 19.8 Å². The van der Waals surface area contributed by atoms with E-state index in [-0.39, 0.29) is 10.6 Å². The van der Waals surface area contributed by atoms with E-state index >= 15 is 0 Å². The molecule has 2 heterocycles. The molecule has 1 saturated heterocycles. The SMILES string of the molecule is CC1(O)CCN(c2ccc([N+](=O)[O-])c3cnccc23)CC1. The molecule has 6 nitrogen and oxygen atoms in total. The number of nitro groups is 1. The molecule has 1 aromatic carbocycles. The third kappa shape index (κ3) is 2.54. The molecular formula is C15H17N3O3. The first kappa shape index (κ1) is 13.8. The summed E-state index contributed by atoms with van der Waals surface area (Å²) in [5.41, 5.74) is 0.425. The van der Waals surface area contributed by atoms with Gasteiger partial charge in [-0.3, -0.25) is 15.1 Å². The molecule has 1 fully saturated rings. The van der Waals surface area contributed by atoms with E-state index in [4.69, 9.17) is 0 Å². The lowest BCUT2D eigenvalue weighted by Crippen LogP contribution is -2.42. The number of hydrogen-bond donors (Lipinski definition) is 1. The predicted molar refractivity (Wildman–Crippen MR) is 80.5 cm³/mol. The van der Waals surface area contributed by atoms with Gasteiger partial charge < -0.3 is 10.0 Å². The molecule has 1 aromatic heterocycles. The first-order valence-corrected chi connectivity index (χ1v) is 6.96. The molecule has 6 heteroatoms. The highest BCUT2D eigenvalue weighted by Gasteiger charge is 2.28. The van der Waals surface area contributed by atoms with Crippen molar-refractivity contribution in [3.8, 4) is 0 Å². The van der Waals surface area contributed by atoms with Gasteiger partial charge in [0.15, 0.2) is 0 Å². The molecule has 0 unspecified atom stereocenters. The summed E-state index contributed by atoms with van der Waals surface area (Å²) in [6, 6.07) is 5.14. The van der Waals surface area contributed by atoms with Crippen LogP contribution in [0.4, 0.5) is 11.4 Å². The normalized spacial score (nSPS) is 17.9. The van der Waals surface area contributed by atoms with Crippen molar-refractivity contribution >= 4 is 22.1 Å². The number of benzene rings is 1. The summed E-state index contributed by atoms with van der Waals surface area (Å²) in [6.45, 7) is 3.33. The molecule has 0 atom stereocenters. The second kappa shape index (κ2) is 4.96. The Morgan fingerprint density at radius 3 is 2.67 bits per heavy atom. The summed E-state index contributed by atoms with van der Waals surface area (Å²) in [5.74, 6) is 0. The summed E-state index contributed by atoms with van der Waals surface area (Å²) in [4.78, 5) is 16.9. The Kier molecular flexibility index (Phi) is 3.25. The van der Waals surface area contributed by atoms with Gasteiger partial charge in [-0.15, -0.1) is 0 Å². The first-order valence-electron chi connectivity index (χ1n) is 6.96. The Hall–Kier alpha value is -2.21. The molecule has 1 aliphatic rings. The van der Waals surface area contributed by atoms with E-state index in [9.17, 15) is 15.2 Å². The van der Waals surface area contributed by atoms with E-state index in [1.54, 1.807) is 12.3 Å². The van der Waals surface area contributed by atoms with Crippen molar-refractivity contribution in [2.45, 2.75) is 25.4 Å².